The highest BCUT2D eigenvalue weighted by atomic mass is 32.2. The van der Waals surface area contributed by atoms with Crippen LogP contribution in [-0.4, -0.2) is 30.0 Å². The summed E-state index contributed by atoms with van der Waals surface area (Å²) >= 11 is 1.60. The molecule has 0 aliphatic carbocycles. The molecule has 0 fully saturated rings. The van der Waals surface area contributed by atoms with E-state index in [0.717, 1.165) is 12.3 Å². The average molecular weight is 204 g/mol. The Morgan fingerprint density at radius 2 is 2.08 bits per heavy atom. The molecule has 0 heterocycles. The highest BCUT2D eigenvalue weighted by Crippen LogP contribution is 2.08. The maximum Gasteiger partial charge on any atom is 0.232 e. The van der Waals surface area contributed by atoms with Gasteiger partial charge in [0, 0.05) is 18.8 Å². The summed E-state index contributed by atoms with van der Waals surface area (Å²) in [5, 5.41) is 2.91. The number of rotatable bonds is 6. The monoisotopic (exact) mass is 204 g/mol. The second-order valence-electron chi connectivity index (χ2n) is 3.44. The molecule has 1 amide bonds. The van der Waals surface area contributed by atoms with Crippen molar-refractivity contribution in [2.24, 2.45) is 11.7 Å². The molecular weight excluding hydrogens is 184 g/mol. The summed E-state index contributed by atoms with van der Waals surface area (Å²) in [7, 11) is 0. The Hall–Kier alpha value is -0.220. The Morgan fingerprint density at radius 1 is 1.46 bits per heavy atom. The van der Waals surface area contributed by atoms with E-state index >= 15 is 0 Å². The lowest BCUT2D eigenvalue weighted by atomic mass is 10.2. The quantitative estimate of drug-likeness (QED) is 0.674. The Labute approximate surface area is 84.8 Å². The lowest BCUT2D eigenvalue weighted by molar-refractivity contribution is -0.120. The Kier molecular flexibility index (Phi) is 7.09. The molecule has 1 unspecified atom stereocenters. The number of nitrogens with two attached hydrogens (primary N) is 1. The van der Waals surface area contributed by atoms with Crippen molar-refractivity contribution in [1.29, 1.82) is 0 Å². The van der Waals surface area contributed by atoms with E-state index in [1.54, 1.807) is 11.8 Å². The maximum atomic E-state index is 11.4. The first kappa shape index (κ1) is 12.8. The average Bonchev–Trinajstić information content (AvgIpc) is 2.10. The highest BCUT2D eigenvalue weighted by molar-refractivity contribution is 8.00. The summed E-state index contributed by atoms with van der Waals surface area (Å²) in [6.45, 7) is 7.46. The third-order valence-electron chi connectivity index (χ3n) is 1.54. The fourth-order valence-electron chi connectivity index (χ4n) is 0.769. The molecule has 13 heavy (non-hydrogen) atoms. The van der Waals surface area contributed by atoms with Crippen LogP contribution in [0, 0.1) is 5.92 Å². The predicted octanol–water partition coefficient (Wildman–Crippen LogP) is 0.839. The number of amides is 1. The van der Waals surface area contributed by atoms with E-state index in [1.165, 1.54) is 0 Å². The molecule has 0 rings (SSSR count). The van der Waals surface area contributed by atoms with Crippen molar-refractivity contribution in [3.63, 3.8) is 0 Å². The van der Waals surface area contributed by atoms with Gasteiger partial charge >= 0.3 is 0 Å². The van der Waals surface area contributed by atoms with Crippen LogP contribution in [0.3, 0.4) is 0 Å². The fourth-order valence-corrected chi connectivity index (χ4v) is 1.49. The number of carbonyl (C=O) groups excluding carboxylic acids is 1. The largest absolute Gasteiger partial charge is 0.355 e. The fraction of sp³-hybridized carbons (Fsp3) is 0.889. The lowest BCUT2D eigenvalue weighted by Crippen LogP contribution is -2.34. The van der Waals surface area contributed by atoms with Crippen molar-refractivity contribution in [2.75, 3.05) is 18.8 Å². The van der Waals surface area contributed by atoms with E-state index < -0.39 is 0 Å². The number of carbonyl (C=O) groups is 1. The topological polar surface area (TPSA) is 55.1 Å². The summed E-state index contributed by atoms with van der Waals surface area (Å²) in [6, 6.07) is 0. The molecule has 0 radical (unpaired) electrons. The van der Waals surface area contributed by atoms with Crippen LogP contribution in [0.2, 0.25) is 0 Å². The van der Waals surface area contributed by atoms with Gasteiger partial charge in [-0.15, -0.1) is 11.8 Å². The molecule has 0 saturated carbocycles. The zero-order valence-electron chi connectivity index (χ0n) is 8.67. The zero-order chi connectivity index (χ0) is 10.3. The van der Waals surface area contributed by atoms with E-state index in [0.29, 0.717) is 12.5 Å². The molecule has 4 heteroatoms. The molecule has 1 atom stereocenters. The minimum Gasteiger partial charge on any atom is -0.355 e. The van der Waals surface area contributed by atoms with Gasteiger partial charge in [-0.25, -0.2) is 0 Å². The van der Waals surface area contributed by atoms with E-state index in [2.05, 4.69) is 19.2 Å². The van der Waals surface area contributed by atoms with E-state index in [4.69, 9.17) is 5.73 Å². The molecule has 0 aliphatic heterocycles. The zero-order valence-corrected chi connectivity index (χ0v) is 9.49. The van der Waals surface area contributed by atoms with Crippen molar-refractivity contribution >= 4 is 17.7 Å². The molecule has 78 valence electrons. The van der Waals surface area contributed by atoms with Crippen molar-refractivity contribution in [3.8, 4) is 0 Å². The van der Waals surface area contributed by atoms with Gasteiger partial charge in [0.25, 0.3) is 0 Å². The minimum atomic E-state index is 0.0160. The van der Waals surface area contributed by atoms with Crippen LogP contribution in [0.5, 0.6) is 0 Å². The van der Waals surface area contributed by atoms with E-state index in [9.17, 15) is 4.79 Å². The number of hydrogen-bond donors (Lipinski definition) is 2. The van der Waals surface area contributed by atoms with Crippen molar-refractivity contribution in [2.45, 2.75) is 26.0 Å². The molecule has 0 aliphatic rings. The molecular formula is C9H20N2OS. The molecule has 0 aromatic rings. The van der Waals surface area contributed by atoms with Crippen LogP contribution in [0.4, 0.5) is 0 Å². The lowest BCUT2D eigenvalue weighted by Gasteiger charge is -2.12. The third kappa shape index (κ3) is 6.90. The van der Waals surface area contributed by atoms with Crippen molar-refractivity contribution in [3.05, 3.63) is 0 Å². The van der Waals surface area contributed by atoms with Crippen LogP contribution in [0.15, 0.2) is 0 Å². The van der Waals surface area contributed by atoms with Gasteiger partial charge in [0.05, 0.1) is 5.25 Å². The minimum absolute atomic E-state index is 0.0160. The Balaban J connectivity index is 3.57. The smallest absolute Gasteiger partial charge is 0.232 e. The van der Waals surface area contributed by atoms with Gasteiger partial charge in [-0.2, -0.15) is 0 Å². The van der Waals surface area contributed by atoms with Gasteiger partial charge in [0.2, 0.25) is 5.91 Å². The van der Waals surface area contributed by atoms with E-state index in [1.807, 2.05) is 6.92 Å². The van der Waals surface area contributed by atoms with Gasteiger partial charge in [-0.3, -0.25) is 4.79 Å². The van der Waals surface area contributed by atoms with Crippen molar-refractivity contribution in [1.82, 2.24) is 5.32 Å². The molecule has 0 aromatic carbocycles. The molecule has 0 saturated heterocycles. The van der Waals surface area contributed by atoms with Gasteiger partial charge in [-0.1, -0.05) is 13.8 Å². The molecule has 0 bridgehead atoms. The SMILES string of the molecule is CC(C)CNC(=O)C(C)SCCN. The van der Waals surface area contributed by atoms with Crippen LogP contribution < -0.4 is 11.1 Å². The van der Waals surface area contributed by atoms with Gasteiger partial charge < -0.3 is 11.1 Å². The molecule has 3 N–H and O–H groups in total. The van der Waals surface area contributed by atoms with Gasteiger partial charge in [0.1, 0.15) is 0 Å². The van der Waals surface area contributed by atoms with Crippen molar-refractivity contribution < 1.29 is 4.79 Å². The van der Waals surface area contributed by atoms with Crippen LogP contribution in [0.1, 0.15) is 20.8 Å². The van der Waals surface area contributed by atoms with Crippen LogP contribution in [0.25, 0.3) is 0 Å². The third-order valence-corrected chi connectivity index (χ3v) is 2.72. The summed E-state index contributed by atoms with van der Waals surface area (Å²) in [5.41, 5.74) is 5.35. The van der Waals surface area contributed by atoms with Gasteiger partial charge in [0.15, 0.2) is 0 Å². The number of hydrogen-bond acceptors (Lipinski definition) is 3. The molecule has 3 nitrogen and oxygen atoms in total. The van der Waals surface area contributed by atoms with Crippen LogP contribution in [-0.2, 0) is 4.79 Å². The first-order valence-corrected chi connectivity index (χ1v) is 5.72. The normalized spacial score (nSPS) is 13.0. The predicted molar refractivity (Wildman–Crippen MR) is 58.8 cm³/mol. The van der Waals surface area contributed by atoms with E-state index in [-0.39, 0.29) is 11.2 Å². The second kappa shape index (κ2) is 7.21. The number of nitrogens with one attached hydrogen (secondary N) is 1. The van der Waals surface area contributed by atoms with Crippen LogP contribution >= 0.6 is 11.8 Å². The second-order valence-corrected chi connectivity index (χ2v) is 4.89. The maximum absolute atomic E-state index is 11.4. The standard InChI is InChI=1S/C9H20N2OS/c1-7(2)6-11-9(12)8(3)13-5-4-10/h7-8H,4-6,10H2,1-3H3,(H,11,12). The Bertz CT molecular complexity index is 151. The first-order chi connectivity index (χ1) is 6.07. The summed E-state index contributed by atoms with van der Waals surface area (Å²) in [5.74, 6) is 1.47. The first-order valence-electron chi connectivity index (χ1n) is 4.67. The molecule has 0 aromatic heterocycles. The summed E-state index contributed by atoms with van der Waals surface area (Å²) in [4.78, 5) is 11.4. The highest BCUT2D eigenvalue weighted by Gasteiger charge is 2.11. The Morgan fingerprint density at radius 3 is 2.54 bits per heavy atom. The summed E-state index contributed by atoms with van der Waals surface area (Å²) in [6.07, 6.45) is 0. The number of thioether (sulfide) groups is 1. The summed E-state index contributed by atoms with van der Waals surface area (Å²) < 4.78 is 0. The van der Waals surface area contributed by atoms with Gasteiger partial charge in [-0.05, 0) is 12.8 Å². The molecule has 0 spiro atoms.